The van der Waals surface area contributed by atoms with E-state index in [9.17, 15) is 4.79 Å². The van der Waals surface area contributed by atoms with Gasteiger partial charge in [0.05, 0.1) is 4.88 Å². The van der Waals surface area contributed by atoms with Gasteiger partial charge < -0.3 is 4.90 Å². The predicted molar refractivity (Wildman–Crippen MR) is 75.1 cm³/mol. The van der Waals surface area contributed by atoms with E-state index in [0.29, 0.717) is 5.41 Å². The molecule has 0 spiro atoms. The van der Waals surface area contributed by atoms with Crippen LogP contribution in [0.25, 0.3) is 0 Å². The smallest absolute Gasteiger partial charge is 0.263 e. The third-order valence-corrected chi connectivity index (χ3v) is 5.37. The molecule has 0 aliphatic carbocycles. The molecule has 1 aliphatic heterocycles. The standard InChI is InChI=1S/C13H19NOS2/c1-3-13(4-2)5-6-14(9-13)12(15)11-7-10(16)8-17-11/h7-8,16H,3-6,9H2,1-2H3. The van der Waals surface area contributed by atoms with E-state index in [4.69, 9.17) is 0 Å². The molecular weight excluding hydrogens is 250 g/mol. The summed E-state index contributed by atoms with van der Waals surface area (Å²) in [6.07, 6.45) is 3.47. The zero-order valence-electron chi connectivity index (χ0n) is 10.4. The maximum Gasteiger partial charge on any atom is 0.263 e. The molecule has 1 saturated heterocycles. The third kappa shape index (κ3) is 2.52. The van der Waals surface area contributed by atoms with Crippen LogP contribution < -0.4 is 0 Å². The van der Waals surface area contributed by atoms with E-state index in [-0.39, 0.29) is 5.91 Å². The summed E-state index contributed by atoms with van der Waals surface area (Å²) in [4.78, 5) is 16.0. The molecule has 94 valence electrons. The lowest BCUT2D eigenvalue weighted by molar-refractivity contribution is 0.0774. The quantitative estimate of drug-likeness (QED) is 0.830. The van der Waals surface area contributed by atoms with Crippen LogP contribution in [0.2, 0.25) is 0 Å². The molecule has 0 radical (unpaired) electrons. The normalized spacial score (nSPS) is 18.6. The van der Waals surface area contributed by atoms with Crippen molar-refractivity contribution in [2.75, 3.05) is 13.1 Å². The Morgan fingerprint density at radius 2 is 2.24 bits per heavy atom. The summed E-state index contributed by atoms with van der Waals surface area (Å²) in [5.41, 5.74) is 0.358. The van der Waals surface area contributed by atoms with Crippen molar-refractivity contribution in [2.45, 2.75) is 38.0 Å². The summed E-state index contributed by atoms with van der Waals surface area (Å²) in [5.74, 6) is 0.180. The number of carbonyl (C=O) groups is 1. The number of carbonyl (C=O) groups excluding carboxylic acids is 1. The molecule has 17 heavy (non-hydrogen) atoms. The number of amides is 1. The van der Waals surface area contributed by atoms with Gasteiger partial charge in [0.1, 0.15) is 0 Å². The van der Waals surface area contributed by atoms with E-state index in [2.05, 4.69) is 26.5 Å². The Morgan fingerprint density at radius 1 is 1.53 bits per heavy atom. The highest BCUT2D eigenvalue weighted by Crippen LogP contribution is 2.37. The predicted octanol–water partition coefficient (Wildman–Crippen LogP) is 3.69. The van der Waals surface area contributed by atoms with Crippen LogP contribution in [-0.2, 0) is 0 Å². The third-order valence-electron chi connectivity index (χ3n) is 4.02. The van der Waals surface area contributed by atoms with Crippen LogP contribution in [0.3, 0.4) is 0 Å². The Hall–Kier alpha value is -0.480. The van der Waals surface area contributed by atoms with Crippen molar-refractivity contribution in [3.8, 4) is 0 Å². The fourth-order valence-corrected chi connectivity index (χ4v) is 3.65. The van der Waals surface area contributed by atoms with Gasteiger partial charge in [0.2, 0.25) is 0 Å². The Bertz CT molecular complexity index is 409. The fraction of sp³-hybridized carbons (Fsp3) is 0.615. The van der Waals surface area contributed by atoms with Crippen molar-refractivity contribution < 1.29 is 4.79 Å². The molecule has 0 unspecified atom stereocenters. The highest BCUT2D eigenvalue weighted by atomic mass is 32.1. The van der Waals surface area contributed by atoms with E-state index < -0.39 is 0 Å². The molecule has 1 aliphatic rings. The van der Waals surface area contributed by atoms with Gasteiger partial charge in [-0.15, -0.1) is 24.0 Å². The van der Waals surface area contributed by atoms with Crippen LogP contribution in [0.5, 0.6) is 0 Å². The van der Waals surface area contributed by atoms with Gasteiger partial charge in [-0.3, -0.25) is 4.79 Å². The van der Waals surface area contributed by atoms with Gasteiger partial charge >= 0.3 is 0 Å². The number of hydrogen-bond acceptors (Lipinski definition) is 3. The van der Waals surface area contributed by atoms with E-state index >= 15 is 0 Å². The van der Waals surface area contributed by atoms with Gasteiger partial charge in [-0.1, -0.05) is 13.8 Å². The highest BCUT2D eigenvalue weighted by molar-refractivity contribution is 7.80. The molecular formula is C13H19NOS2. The molecule has 0 bridgehead atoms. The Labute approximate surface area is 112 Å². The first kappa shape index (κ1) is 13.0. The van der Waals surface area contributed by atoms with Crippen LogP contribution in [0, 0.1) is 5.41 Å². The monoisotopic (exact) mass is 269 g/mol. The van der Waals surface area contributed by atoms with E-state index in [1.807, 2.05) is 16.3 Å². The average molecular weight is 269 g/mol. The van der Waals surface area contributed by atoms with Crippen LogP contribution in [0.4, 0.5) is 0 Å². The van der Waals surface area contributed by atoms with Crippen molar-refractivity contribution in [3.63, 3.8) is 0 Å². The fourth-order valence-electron chi connectivity index (χ4n) is 2.53. The first-order chi connectivity index (χ1) is 8.10. The van der Waals surface area contributed by atoms with Gasteiger partial charge in [-0.05, 0) is 30.7 Å². The van der Waals surface area contributed by atoms with Gasteiger partial charge in [0.25, 0.3) is 5.91 Å². The molecule has 0 aromatic carbocycles. The first-order valence-electron chi connectivity index (χ1n) is 6.17. The first-order valence-corrected chi connectivity index (χ1v) is 7.49. The Balaban J connectivity index is 2.08. The van der Waals surface area contributed by atoms with Crippen molar-refractivity contribution in [1.29, 1.82) is 0 Å². The molecule has 1 aromatic heterocycles. The lowest BCUT2D eigenvalue weighted by atomic mass is 9.82. The number of thiol groups is 1. The highest BCUT2D eigenvalue weighted by Gasteiger charge is 2.37. The van der Waals surface area contributed by atoms with Crippen molar-refractivity contribution in [3.05, 3.63) is 16.3 Å². The second-order valence-corrected chi connectivity index (χ2v) is 6.28. The van der Waals surface area contributed by atoms with Crippen LogP contribution >= 0.6 is 24.0 Å². The second-order valence-electron chi connectivity index (χ2n) is 4.85. The molecule has 1 amide bonds. The average Bonchev–Trinajstić information content (AvgIpc) is 2.95. The molecule has 4 heteroatoms. The molecule has 0 saturated carbocycles. The van der Waals surface area contributed by atoms with E-state index in [0.717, 1.165) is 42.1 Å². The molecule has 0 atom stereocenters. The number of rotatable bonds is 3. The summed E-state index contributed by atoms with van der Waals surface area (Å²) in [5, 5.41) is 1.92. The largest absolute Gasteiger partial charge is 0.337 e. The zero-order chi connectivity index (χ0) is 12.5. The van der Waals surface area contributed by atoms with E-state index in [1.54, 1.807) is 0 Å². The summed E-state index contributed by atoms with van der Waals surface area (Å²) in [6.45, 7) is 6.28. The molecule has 0 N–H and O–H groups in total. The lowest BCUT2D eigenvalue weighted by Gasteiger charge is -2.26. The number of nitrogens with zero attached hydrogens (tertiary/aromatic N) is 1. The minimum Gasteiger partial charge on any atom is -0.337 e. The maximum absolute atomic E-state index is 12.3. The van der Waals surface area contributed by atoms with Gasteiger partial charge in [0, 0.05) is 23.4 Å². The Kier molecular flexibility index (Phi) is 3.83. The Morgan fingerprint density at radius 3 is 2.71 bits per heavy atom. The number of hydrogen-bond donors (Lipinski definition) is 1. The van der Waals surface area contributed by atoms with Crippen molar-refractivity contribution in [1.82, 2.24) is 4.90 Å². The van der Waals surface area contributed by atoms with Crippen molar-refractivity contribution >= 4 is 29.9 Å². The molecule has 1 fully saturated rings. The molecule has 2 rings (SSSR count). The van der Waals surface area contributed by atoms with Gasteiger partial charge in [-0.2, -0.15) is 0 Å². The molecule has 2 nitrogen and oxygen atoms in total. The summed E-state index contributed by atoms with van der Waals surface area (Å²) in [7, 11) is 0. The minimum atomic E-state index is 0.180. The van der Waals surface area contributed by atoms with Crippen LogP contribution in [-0.4, -0.2) is 23.9 Å². The SMILES string of the molecule is CCC1(CC)CCN(C(=O)c2cc(S)cs2)C1. The molecule has 1 aromatic rings. The summed E-state index contributed by atoms with van der Waals surface area (Å²) < 4.78 is 0. The second kappa shape index (κ2) is 5.02. The molecule has 2 heterocycles. The topological polar surface area (TPSA) is 20.3 Å². The summed E-state index contributed by atoms with van der Waals surface area (Å²) in [6, 6.07) is 1.87. The minimum absolute atomic E-state index is 0.180. The van der Waals surface area contributed by atoms with Gasteiger partial charge in [0.15, 0.2) is 0 Å². The lowest BCUT2D eigenvalue weighted by Crippen LogP contribution is -2.31. The van der Waals surface area contributed by atoms with Crippen LogP contribution in [0.15, 0.2) is 16.3 Å². The maximum atomic E-state index is 12.3. The van der Waals surface area contributed by atoms with E-state index in [1.165, 1.54) is 11.3 Å². The zero-order valence-corrected chi connectivity index (χ0v) is 12.1. The summed E-state index contributed by atoms with van der Waals surface area (Å²) >= 11 is 5.75. The van der Waals surface area contributed by atoms with Gasteiger partial charge in [-0.25, -0.2) is 0 Å². The van der Waals surface area contributed by atoms with Crippen molar-refractivity contribution in [2.24, 2.45) is 5.41 Å². The number of likely N-dealkylation sites (tertiary alicyclic amines) is 1. The number of thiophene rings is 1. The van der Waals surface area contributed by atoms with Crippen LogP contribution in [0.1, 0.15) is 42.8 Å².